The lowest BCUT2D eigenvalue weighted by Crippen LogP contribution is -2.33. The molecule has 15 heavy (non-hydrogen) atoms. The summed E-state index contributed by atoms with van der Waals surface area (Å²) in [5.41, 5.74) is 0. The van der Waals surface area contributed by atoms with Gasteiger partial charge in [0.1, 0.15) is 0 Å². The molecule has 1 saturated carbocycles. The number of rotatable bonds is 7. The fourth-order valence-electron chi connectivity index (χ4n) is 1.58. The summed E-state index contributed by atoms with van der Waals surface area (Å²) in [6.07, 6.45) is 5.32. The Kier molecular flexibility index (Phi) is 5.70. The number of nitrogens with zero attached hydrogens (tertiary/aromatic N) is 2. The molecular weight excluding hydrogens is 256 g/mol. The second-order valence-electron chi connectivity index (χ2n) is 3.87. The molecule has 0 aromatic rings. The van der Waals surface area contributed by atoms with Crippen molar-refractivity contribution in [3.8, 4) is 6.07 Å². The fraction of sp³-hybridized carbons (Fsp3) is 0.818. The zero-order chi connectivity index (χ0) is 11.1. The van der Waals surface area contributed by atoms with Crippen molar-refractivity contribution in [2.45, 2.75) is 44.6 Å². The number of carbonyl (C=O) groups excluding carboxylic acids is 1. The van der Waals surface area contributed by atoms with E-state index in [0.717, 1.165) is 31.0 Å². The van der Waals surface area contributed by atoms with E-state index < -0.39 is 0 Å². The summed E-state index contributed by atoms with van der Waals surface area (Å²) < 4.78 is 0. The van der Waals surface area contributed by atoms with E-state index in [1.807, 2.05) is 4.90 Å². The van der Waals surface area contributed by atoms with E-state index in [0.29, 0.717) is 25.4 Å². The molecule has 3 nitrogen and oxygen atoms in total. The highest BCUT2D eigenvalue weighted by atomic mass is 79.9. The van der Waals surface area contributed by atoms with Crippen LogP contribution in [0.15, 0.2) is 0 Å². The number of halogens is 1. The van der Waals surface area contributed by atoms with Crippen LogP contribution in [0.4, 0.5) is 0 Å². The molecule has 1 fully saturated rings. The second kappa shape index (κ2) is 6.84. The van der Waals surface area contributed by atoms with Gasteiger partial charge in [-0.15, -0.1) is 0 Å². The van der Waals surface area contributed by atoms with Gasteiger partial charge >= 0.3 is 0 Å². The number of hydrogen-bond acceptors (Lipinski definition) is 2. The molecule has 0 spiro atoms. The minimum atomic E-state index is 0.230. The highest BCUT2D eigenvalue weighted by Crippen LogP contribution is 2.27. The molecule has 1 aliphatic rings. The quantitative estimate of drug-likeness (QED) is 0.528. The Morgan fingerprint density at radius 1 is 1.47 bits per heavy atom. The second-order valence-corrected chi connectivity index (χ2v) is 4.67. The van der Waals surface area contributed by atoms with E-state index in [1.165, 1.54) is 0 Å². The average molecular weight is 273 g/mol. The molecule has 84 valence electrons. The average Bonchev–Trinajstić information content (AvgIpc) is 3.03. The number of carbonyl (C=O) groups is 1. The Bertz CT molecular complexity index is 245. The molecular formula is C11H17BrN2O. The number of unbranched alkanes of at least 4 members (excludes halogenated alkanes) is 1. The molecule has 0 aliphatic heterocycles. The van der Waals surface area contributed by atoms with Gasteiger partial charge < -0.3 is 4.90 Å². The van der Waals surface area contributed by atoms with E-state index in [-0.39, 0.29) is 5.91 Å². The molecule has 0 heterocycles. The predicted molar refractivity (Wildman–Crippen MR) is 62.6 cm³/mol. The normalized spacial score (nSPS) is 14.7. The van der Waals surface area contributed by atoms with E-state index in [1.54, 1.807) is 0 Å². The fourth-order valence-corrected chi connectivity index (χ4v) is 1.98. The van der Waals surface area contributed by atoms with Crippen LogP contribution in [-0.2, 0) is 4.79 Å². The van der Waals surface area contributed by atoms with Crippen LogP contribution in [-0.4, -0.2) is 28.7 Å². The first-order chi connectivity index (χ1) is 7.29. The lowest BCUT2D eigenvalue weighted by Gasteiger charge is -2.21. The van der Waals surface area contributed by atoms with Gasteiger partial charge in [0.25, 0.3) is 0 Å². The van der Waals surface area contributed by atoms with Crippen molar-refractivity contribution in [3.63, 3.8) is 0 Å². The predicted octanol–water partition coefficient (Wildman–Crippen LogP) is 2.46. The Morgan fingerprint density at radius 3 is 2.73 bits per heavy atom. The molecule has 0 radical (unpaired) electrons. The van der Waals surface area contributed by atoms with E-state index >= 15 is 0 Å². The number of nitriles is 1. The molecule has 1 aliphatic carbocycles. The van der Waals surface area contributed by atoms with Crippen LogP contribution in [0.2, 0.25) is 0 Å². The van der Waals surface area contributed by atoms with Gasteiger partial charge in [0.2, 0.25) is 5.91 Å². The zero-order valence-corrected chi connectivity index (χ0v) is 10.5. The minimum absolute atomic E-state index is 0.230. The smallest absolute Gasteiger partial charge is 0.222 e. The van der Waals surface area contributed by atoms with Crippen molar-refractivity contribution in [2.75, 3.05) is 11.9 Å². The molecule has 0 aromatic carbocycles. The van der Waals surface area contributed by atoms with Gasteiger partial charge in [-0.1, -0.05) is 15.9 Å². The third-order valence-corrected chi connectivity index (χ3v) is 3.11. The van der Waals surface area contributed by atoms with Gasteiger partial charge in [0, 0.05) is 24.3 Å². The molecule has 1 rings (SSSR count). The first-order valence-corrected chi connectivity index (χ1v) is 6.64. The Balaban J connectivity index is 2.28. The van der Waals surface area contributed by atoms with Gasteiger partial charge in [0.05, 0.1) is 12.5 Å². The summed E-state index contributed by atoms with van der Waals surface area (Å²) in [4.78, 5) is 13.7. The zero-order valence-electron chi connectivity index (χ0n) is 8.91. The summed E-state index contributed by atoms with van der Waals surface area (Å²) in [6, 6.07) is 2.54. The summed E-state index contributed by atoms with van der Waals surface area (Å²) in [5.74, 6) is 0.230. The summed E-state index contributed by atoms with van der Waals surface area (Å²) in [7, 11) is 0. The van der Waals surface area contributed by atoms with Gasteiger partial charge in [0.15, 0.2) is 0 Å². The van der Waals surface area contributed by atoms with E-state index in [9.17, 15) is 4.79 Å². The first kappa shape index (κ1) is 12.5. The SMILES string of the molecule is N#CCCN(C(=O)CCCCBr)C1CC1. The molecule has 0 atom stereocenters. The van der Waals surface area contributed by atoms with Crippen LogP contribution in [0.5, 0.6) is 0 Å². The van der Waals surface area contributed by atoms with Crippen LogP contribution < -0.4 is 0 Å². The number of hydrogen-bond donors (Lipinski definition) is 0. The topological polar surface area (TPSA) is 44.1 Å². The molecule has 0 N–H and O–H groups in total. The highest BCUT2D eigenvalue weighted by molar-refractivity contribution is 9.09. The monoisotopic (exact) mass is 272 g/mol. The van der Waals surface area contributed by atoms with Gasteiger partial charge in [-0.3, -0.25) is 4.79 Å². The van der Waals surface area contributed by atoms with Crippen LogP contribution in [0.1, 0.15) is 38.5 Å². The molecule has 1 amide bonds. The van der Waals surface area contributed by atoms with Gasteiger partial charge in [-0.05, 0) is 25.7 Å². The number of amides is 1. The van der Waals surface area contributed by atoms with E-state index in [2.05, 4.69) is 22.0 Å². The van der Waals surface area contributed by atoms with Crippen molar-refractivity contribution in [3.05, 3.63) is 0 Å². The molecule has 0 saturated heterocycles. The van der Waals surface area contributed by atoms with Crippen LogP contribution >= 0.6 is 15.9 Å². The summed E-state index contributed by atoms with van der Waals surface area (Å²) in [6.45, 7) is 0.619. The maximum atomic E-state index is 11.8. The largest absolute Gasteiger partial charge is 0.339 e. The molecule has 4 heteroatoms. The highest BCUT2D eigenvalue weighted by Gasteiger charge is 2.31. The lowest BCUT2D eigenvalue weighted by molar-refractivity contribution is -0.131. The van der Waals surface area contributed by atoms with Gasteiger partial charge in [-0.2, -0.15) is 5.26 Å². The maximum Gasteiger partial charge on any atom is 0.222 e. The Labute approximate surface area is 99.6 Å². The van der Waals surface area contributed by atoms with Crippen molar-refractivity contribution in [1.29, 1.82) is 5.26 Å². The molecule has 0 unspecified atom stereocenters. The van der Waals surface area contributed by atoms with Crippen molar-refractivity contribution in [1.82, 2.24) is 4.90 Å². The van der Waals surface area contributed by atoms with Crippen LogP contribution in [0.3, 0.4) is 0 Å². The third kappa shape index (κ3) is 4.65. The Morgan fingerprint density at radius 2 is 2.20 bits per heavy atom. The van der Waals surface area contributed by atoms with Crippen LogP contribution in [0.25, 0.3) is 0 Å². The maximum absolute atomic E-state index is 11.8. The Hall–Kier alpha value is -0.560. The summed E-state index contributed by atoms with van der Waals surface area (Å²) >= 11 is 3.35. The summed E-state index contributed by atoms with van der Waals surface area (Å²) in [5, 5.41) is 9.48. The third-order valence-electron chi connectivity index (χ3n) is 2.55. The standard InChI is InChI=1S/C11H17BrN2O/c12-7-2-1-4-11(15)14(9-3-8-13)10-5-6-10/h10H,1-7,9H2. The van der Waals surface area contributed by atoms with Crippen molar-refractivity contribution < 1.29 is 4.79 Å². The lowest BCUT2D eigenvalue weighted by atomic mass is 10.2. The minimum Gasteiger partial charge on any atom is -0.339 e. The molecule has 0 bridgehead atoms. The number of alkyl halides is 1. The molecule has 0 aromatic heterocycles. The van der Waals surface area contributed by atoms with Crippen LogP contribution in [0, 0.1) is 11.3 Å². The van der Waals surface area contributed by atoms with E-state index in [4.69, 9.17) is 5.26 Å². The van der Waals surface area contributed by atoms with Gasteiger partial charge in [-0.25, -0.2) is 0 Å². The van der Waals surface area contributed by atoms with Crippen molar-refractivity contribution >= 4 is 21.8 Å². The van der Waals surface area contributed by atoms with Crippen molar-refractivity contribution in [2.24, 2.45) is 0 Å². The first-order valence-electron chi connectivity index (χ1n) is 5.52.